The van der Waals surface area contributed by atoms with E-state index in [4.69, 9.17) is 28.9 Å². The van der Waals surface area contributed by atoms with E-state index in [9.17, 15) is 0 Å². The molecule has 0 radical (unpaired) electrons. The van der Waals surface area contributed by atoms with E-state index < -0.39 is 0 Å². The maximum atomic E-state index is 5.95. The first kappa shape index (κ1) is 12.3. The van der Waals surface area contributed by atoms with Crippen LogP contribution in [0.5, 0.6) is 0 Å². The molecular weight excluding hydrogens is 257 g/mol. The molecule has 0 bridgehead atoms. The maximum absolute atomic E-state index is 5.95. The van der Waals surface area contributed by atoms with Crippen molar-refractivity contribution in [2.24, 2.45) is 0 Å². The van der Waals surface area contributed by atoms with Crippen molar-refractivity contribution in [1.29, 1.82) is 0 Å². The van der Waals surface area contributed by atoms with Crippen LogP contribution >= 0.6 is 23.2 Å². The number of halogens is 2. The van der Waals surface area contributed by atoms with Crippen LogP contribution in [0.3, 0.4) is 0 Å². The van der Waals surface area contributed by atoms with Crippen LogP contribution in [0.2, 0.25) is 10.0 Å². The number of aryl methyl sites for hydroxylation is 1. The Labute approximate surface area is 110 Å². The molecule has 0 aliphatic carbocycles. The lowest BCUT2D eigenvalue weighted by atomic mass is 10.2. The zero-order valence-electron chi connectivity index (χ0n) is 9.45. The van der Waals surface area contributed by atoms with Gasteiger partial charge in [-0.05, 0) is 24.6 Å². The number of nitrogens with two attached hydrogens (primary N) is 1. The molecule has 90 valence electrons. The van der Waals surface area contributed by atoms with Crippen LogP contribution in [0, 0.1) is 0 Å². The molecule has 0 aliphatic heterocycles. The van der Waals surface area contributed by atoms with Crippen LogP contribution in [-0.2, 0) is 6.42 Å². The summed E-state index contributed by atoms with van der Waals surface area (Å²) in [7, 11) is 0. The maximum Gasteiger partial charge on any atom is 0.127 e. The van der Waals surface area contributed by atoms with Crippen LogP contribution in [0.15, 0.2) is 24.3 Å². The lowest BCUT2D eigenvalue weighted by Crippen LogP contribution is -2.02. The standard InChI is InChI=1S/C12H13Cl2N3/c1-2-3-10-7-12(15)17(16-10)11-5-8(13)4-9(14)6-11/h4-7H,2-3,15H2,1H3. The third-order valence-electron chi connectivity index (χ3n) is 2.39. The summed E-state index contributed by atoms with van der Waals surface area (Å²) in [5, 5.41) is 5.56. The molecule has 3 nitrogen and oxygen atoms in total. The molecule has 1 heterocycles. The third-order valence-corrected chi connectivity index (χ3v) is 2.82. The Morgan fingerprint density at radius 3 is 2.41 bits per heavy atom. The van der Waals surface area contributed by atoms with Crippen molar-refractivity contribution in [2.45, 2.75) is 19.8 Å². The van der Waals surface area contributed by atoms with Gasteiger partial charge in [0.25, 0.3) is 0 Å². The highest BCUT2D eigenvalue weighted by molar-refractivity contribution is 6.34. The third kappa shape index (κ3) is 2.73. The number of anilines is 1. The van der Waals surface area contributed by atoms with Gasteiger partial charge in [0, 0.05) is 16.1 Å². The van der Waals surface area contributed by atoms with Crippen LogP contribution in [0.1, 0.15) is 19.0 Å². The Balaban J connectivity index is 2.44. The van der Waals surface area contributed by atoms with E-state index in [0.29, 0.717) is 15.9 Å². The Bertz CT molecular complexity index is 514. The van der Waals surface area contributed by atoms with Crippen molar-refractivity contribution in [3.8, 4) is 5.69 Å². The first-order valence-corrected chi connectivity index (χ1v) is 6.16. The molecule has 0 unspecified atom stereocenters. The average molecular weight is 270 g/mol. The van der Waals surface area contributed by atoms with Gasteiger partial charge in [0.15, 0.2) is 0 Å². The van der Waals surface area contributed by atoms with Crippen molar-refractivity contribution in [2.75, 3.05) is 5.73 Å². The molecule has 17 heavy (non-hydrogen) atoms. The Kier molecular flexibility index (Phi) is 3.60. The van der Waals surface area contributed by atoms with Crippen molar-refractivity contribution < 1.29 is 0 Å². The van der Waals surface area contributed by atoms with Gasteiger partial charge < -0.3 is 5.73 Å². The summed E-state index contributed by atoms with van der Waals surface area (Å²) in [6, 6.07) is 7.12. The Morgan fingerprint density at radius 1 is 1.18 bits per heavy atom. The van der Waals surface area contributed by atoms with E-state index >= 15 is 0 Å². The highest BCUT2D eigenvalue weighted by Crippen LogP contribution is 2.23. The number of hydrogen-bond donors (Lipinski definition) is 1. The fraction of sp³-hybridized carbons (Fsp3) is 0.250. The quantitative estimate of drug-likeness (QED) is 0.923. The zero-order chi connectivity index (χ0) is 12.4. The topological polar surface area (TPSA) is 43.8 Å². The Morgan fingerprint density at radius 2 is 1.82 bits per heavy atom. The highest BCUT2D eigenvalue weighted by atomic mass is 35.5. The predicted octanol–water partition coefficient (Wildman–Crippen LogP) is 3.71. The molecule has 0 fully saturated rings. The van der Waals surface area contributed by atoms with Crippen LogP contribution < -0.4 is 5.73 Å². The summed E-state index contributed by atoms with van der Waals surface area (Å²) in [5.74, 6) is 0.590. The lowest BCUT2D eigenvalue weighted by Gasteiger charge is -2.05. The van der Waals surface area contributed by atoms with Gasteiger partial charge in [0.1, 0.15) is 5.82 Å². The molecule has 2 aromatic rings. The molecular formula is C12H13Cl2N3. The fourth-order valence-corrected chi connectivity index (χ4v) is 2.21. The van der Waals surface area contributed by atoms with Gasteiger partial charge in [-0.15, -0.1) is 0 Å². The number of nitrogens with zero attached hydrogens (tertiary/aromatic N) is 2. The molecule has 0 aliphatic rings. The van der Waals surface area contributed by atoms with Crippen molar-refractivity contribution in [3.05, 3.63) is 40.0 Å². The van der Waals surface area contributed by atoms with Gasteiger partial charge in [-0.3, -0.25) is 0 Å². The smallest absolute Gasteiger partial charge is 0.127 e. The van der Waals surface area contributed by atoms with Crippen LogP contribution in [0.4, 0.5) is 5.82 Å². The van der Waals surface area contributed by atoms with Crippen molar-refractivity contribution >= 4 is 29.0 Å². The number of hydrogen-bond acceptors (Lipinski definition) is 2. The largest absolute Gasteiger partial charge is 0.384 e. The van der Waals surface area contributed by atoms with E-state index in [1.807, 2.05) is 6.07 Å². The predicted molar refractivity (Wildman–Crippen MR) is 72.0 cm³/mol. The summed E-state index contributed by atoms with van der Waals surface area (Å²) in [5.41, 5.74) is 7.67. The van der Waals surface area contributed by atoms with E-state index in [0.717, 1.165) is 24.2 Å². The van der Waals surface area contributed by atoms with Crippen molar-refractivity contribution in [1.82, 2.24) is 9.78 Å². The van der Waals surface area contributed by atoms with E-state index in [1.165, 1.54) is 0 Å². The second kappa shape index (κ2) is 4.98. The second-order valence-corrected chi connectivity index (χ2v) is 4.72. The fourth-order valence-electron chi connectivity index (χ4n) is 1.69. The monoisotopic (exact) mass is 269 g/mol. The van der Waals surface area contributed by atoms with Crippen LogP contribution in [-0.4, -0.2) is 9.78 Å². The summed E-state index contributed by atoms with van der Waals surface area (Å²) < 4.78 is 1.66. The molecule has 0 spiro atoms. The van der Waals surface area contributed by atoms with Gasteiger partial charge in [-0.25, -0.2) is 4.68 Å². The molecule has 5 heteroatoms. The molecule has 2 rings (SSSR count). The number of rotatable bonds is 3. The molecule has 0 saturated heterocycles. The number of benzene rings is 1. The van der Waals surface area contributed by atoms with Gasteiger partial charge in [-0.1, -0.05) is 36.5 Å². The molecule has 1 aromatic heterocycles. The molecule has 0 saturated carbocycles. The van der Waals surface area contributed by atoms with Crippen LogP contribution in [0.25, 0.3) is 5.69 Å². The molecule has 2 N–H and O–H groups in total. The molecule has 1 aromatic carbocycles. The summed E-state index contributed by atoms with van der Waals surface area (Å²) in [4.78, 5) is 0. The summed E-state index contributed by atoms with van der Waals surface area (Å²) in [6.45, 7) is 2.10. The lowest BCUT2D eigenvalue weighted by molar-refractivity contribution is 0.811. The minimum atomic E-state index is 0.569. The minimum Gasteiger partial charge on any atom is -0.384 e. The first-order valence-electron chi connectivity index (χ1n) is 5.41. The van der Waals surface area contributed by atoms with Gasteiger partial charge in [0.05, 0.1) is 11.4 Å². The first-order chi connectivity index (χ1) is 8.10. The molecule has 0 amide bonds. The summed E-state index contributed by atoms with van der Waals surface area (Å²) in [6.07, 6.45) is 1.94. The van der Waals surface area contributed by atoms with Crippen molar-refractivity contribution in [3.63, 3.8) is 0 Å². The van der Waals surface area contributed by atoms with E-state index in [-0.39, 0.29) is 0 Å². The average Bonchev–Trinajstić information content (AvgIpc) is 2.58. The van der Waals surface area contributed by atoms with Gasteiger partial charge in [0.2, 0.25) is 0 Å². The number of nitrogen functional groups attached to an aromatic ring is 1. The SMILES string of the molecule is CCCc1cc(N)n(-c2cc(Cl)cc(Cl)c2)n1. The second-order valence-electron chi connectivity index (χ2n) is 3.85. The Hall–Kier alpha value is -1.19. The van der Waals surface area contributed by atoms with Gasteiger partial charge >= 0.3 is 0 Å². The van der Waals surface area contributed by atoms with E-state index in [2.05, 4.69) is 12.0 Å². The van der Waals surface area contributed by atoms with E-state index in [1.54, 1.807) is 22.9 Å². The minimum absolute atomic E-state index is 0.569. The number of aromatic nitrogens is 2. The normalized spacial score (nSPS) is 10.8. The summed E-state index contributed by atoms with van der Waals surface area (Å²) >= 11 is 11.9. The molecule has 0 atom stereocenters. The highest BCUT2D eigenvalue weighted by Gasteiger charge is 2.08. The zero-order valence-corrected chi connectivity index (χ0v) is 11.0. The van der Waals surface area contributed by atoms with Gasteiger partial charge in [-0.2, -0.15) is 5.10 Å².